The number of aliphatic hydroxyl groups is 3. The molecular formula is C20H26O8. The highest BCUT2D eigenvalue weighted by Gasteiger charge is 2.87. The number of fused-ring (bicyclic) bond motifs is 2. The Balaban J connectivity index is 1.82. The third-order valence-corrected chi connectivity index (χ3v) is 7.23. The fourth-order valence-electron chi connectivity index (χ4n) is 5.37. The Morgan fingerprint density at radius 1 is 1.36 bits per heavy atom. The Morgan fingerprint density at radius 3 is 2.61 bits per heavy atom. The summed E-state index contributed by atoms with van der Waals surface area (Å²) in [7, 11) is 0. The van der Waals surface area contributed by atoms with E-state index in [0.29, 0.717) is 5.57 Å². The second kappa shape index (κ2) is 5.66. The maximum Gasteiger partial charge on any atom is 0.334 e. The van der Waals surface area contributed by atoms with Gasteiger partial charge in [0.25, 0.3) is 0 Å². The van der Waals surface area contributed by atoms with E-state index in [4.69, 9.17) is 14.2 Å². The molecule has 8 heteroatoms. The van der Waals surface area contributed by atoms with Gasteiger partial charge >= 0.3 is 11.9 Å². The van der Waals surface area contributed by atoms with Gasteiger partial charge in [0.15, 0.2) is 0 Å². The molecule has 0 bridgehead atoms. The van der Waals surface area contributed by atoms with E-state index in [1.807, 2.05) is 0 Å². The van der Waals surface area contributed by atoms with E-state index < -0.39 is 65.0 Å². The normalized spacial score (nSPS) is 52.3. The standard InChI is InChI=1S/C20H26O8/c1-6-8(2)16(22)26-11-7-10-9(3)17(23)27-12(10)13-18(4,24)14(21)15-20(13,28-15)19(11,5)25/h6,10-15,21,24-25H,3,7H2,1-2,4-5H3/b8-6-/t10-,11+,12-,13-,14+,15-,18-,19+,20+/m0/s1. The van der Waals surface area contributed by atoms with Crippen molar-refractivity contribution in [2.24, 2.45) is 11.8 Å². The van der Waals surface area contributed by atoms with Gasteiger partial charge in [-0.1, -0.05) is 12.7 Å². The molecule has 0 aromatic heterocycles. The molecule has 4 rings (SSSR count). The van der Waals surface area contributed by atoms with E-state index in [1.54, 1.807) is 19.9 Å². The van der Waals surface area contributed by atoms with Crippen molar-refractivity contribution in [1.82, 2.24) is 0 Å². The maximum absolute atomic E-state index is 12.4. The number of hydrogen-bond donors (Lipinski definition) is 3. The lowest BCUT2D eigenvalue weighted by atomic mass is 9.72. The molecule has 4 aliphatic rings. The molecule has 4 fully saturated rings. The fraction of sp³-hybridized carbons (Fsp3) is 0.700. The molecule has 2 heterocycles. The summed E-state index contributed by atoms with van der Waals surface area (Å²) < 4.78 is 16.9. The zero-order valence-corrected chi connectivity index (χ0v) is 16.3. The van der Waals surface area contributed by atoms with Gasteiger partial charge in [-0.2, -0.15) is 0 Å². The average molecular weight is 394 g/mol. The number of esters is 2. The second-order valence-electron chi connectivity index (χ2n) is 8.73. The van der Waals surface area contributed by atoms with Crippen LogP contribution in [0.2, 0.25) is 0 Å². The van der Waals surface area contributed by atoms with Crippen LogP contribution in [0.5, 0.6) is 0 Å². The van der Waals surface area contributed by atoms with Crippen molar-refractivity contribution in [3.63, 3.8) is 0 Å². The van der Waals surface area contributed by atoms with Crippen LogP contribution in [0.3, 0.4) is 0 Å². The first-order chi connectivity index (χ1) is 12.9. The van der Waals surface area contributed by atoms with Crippen molar-refractivity contribution in [1.29, 1.82) is 0 Å². The molecule has 2 saturated heterocycles. The van der Waals surface area contributed by atoms with Crippen molar-refractivity contribution in [3.05, 3.63) is 23.8 Å². The molecule has 2 aliphatic heterocycles. The molecule has 28 heavy (non-hydrogen) atoms. The molecule has 1 spiro atoms. The van der Waals surface area contributed by atoms with E-state index in [1.165, 1.54) is 13.8 Å². The monoisotopic (exact) mass is 394 g/mol. The third kappa shape index (κ3) is 2.14. The summed E-state index contributed by atoms with van der Waals surface area (Å²) in [5.41, 5.74) is -4.25. The lowest BCUT2D eigenvalue weighted by Gasteiger charge is -2.41. The van der Waals surface area contributed by atoms with Gasteiger partial charge in [0.05, 0.1) is 11.5 Å². The first kappa shape index (κ1) is 19.6. The minimum Gasteiger partial charge on any atom is -0.458 e. The highest BCUT2D eigenvalue weighted by atomic mass is 16.7. The van der Waals surface area contributed by atoms with Gasteiger partial charge < -0.3 is 29.5 Å². The van der Waals surface area contributed by atoms with Gasteiger partial charge in [-0.25, -0.2) is 9.59 Å². The minimum absolute atomic E-state index is 0.0888. The lowest BCUT2D eigenvalue weighted by molar-refractivity contribution is -0.193. The molecule has 3 N–H and O–H groups in total. The Kier molecular flexibility index (Phi) is 3.95. The van der Waals surface area contributed by atoms with Crippen molar-refractivity contribution >= 4 is 11.9 Å². The quantitative estimate of drug-likeness (QED) is 0.339. The number of aliphatic hydroxyl groups excluding tert-OH is 1. The summed E-state index contributed by atoms with van der Waals surface area (Å²) in [4.78, 5) is 24.6. The predicted molar refractivity (Wildman–Crippen MR) is 94.8 cm³/mol. The molecule has 0 aromatic carbocycles. The van der Waals surface area contributed by atoms with E-state index >= 15 is 0 Å². The van der Waals surface area contributed by atoms with Crippen LogP contribution < -0.4 is 0 Å². The molecule has 9 atom stereocenters. The molecule has 8 nitrogen and oxygen atoms in total. The SMILES string of the molecule is C=C1C(=O)O[C@H]2[C@H]1C[C@@H](OC(=O)/C(C)=C\C)[C@@](C)(O)[C@]13O[C@H]1[C@@H](O)[C@@](C)(O)[C@H]23. The lowest BCUT2D eigenvalue weighted by Crippen LogP contribution is -2.60. The first-order valence-corrected chi connectivity index (χ1v) is 9.45. The molecule has 2 saturated carbocycles. The molecule has 0 radical (unpaired) electrons. The van der Waals surface area contributed by atoms with Gasteiger partial charge in [0.2, 0.25) is 0 Å². The Hall–Kier alpha value is -1.74. The van der Waals surface area contributed by atoms with Crippen LogP contribution in [0.15, 0.2) is 23.8 Å². The van der Waals surface area contributed by atoms with E-state index in [-0.39, 0.29) is 12.0 Å². The van der Waals surface area contributed by atoms with Gasteiger partial charge in [-0.05, 0) is 34.1 Å². The zero-order valence-electron chi connectivity index (χ0n) is 16.3. The number of ether oxygens (including phenoxy) is 3. The maximum atomic E-state index is 12.4. The van der Waals surface area contributed by atoms with Crippen LogP contribution in [0.4, 0.5) is 0 Å². The van der Waals surface area contributed by atoms with E-state index in [2.05, 4.69) is 6.58 Å². The topological polar surface area (TPSA) is 126 Å². The second-order valence-corrected chi connectivity index (χ2v) is 8.73. The van der Waals surface area contributed by atoms with Crippen LogP contribution in [-0.4, -0.2) is 68.5 Å². The van der Waals surface area contributed by atoms with Crippen molar-refractivity contribution < 1.29 is 39.1 Å². The summed E-state index contributed by atoms with van der Waals surface area (Å²) in [6, 6.07) is 0. The molecular weight excluding hydrogens is 368 g/mol. The van der Waals surface area contributed by atoms with E-state index in [9.17, 15) is 24.9 Å². The summed E-state index contributed by atoms with van der Waals surface area (Å²) in [5, 5.41) is 33.2. The number of hydrogen-bond acceptors (Lipinski definition) is 8. The highest BCUT2D eigenvalue weighted by molar-refractivity contribution is 5.91. The highest BCUT2D eigenvalue weighted by Crippen LogP contribution is 2.68. The van der Waals surface area contributed by atoms with Crippen LogP contribution in [0, 0.1) is 11.8 Å². The average Bonchev–Trinajstić information content (AvgIpc) is 3.28. The number of epoxide rings is 1. The van der Waals surface area contributed by atoms with Crippen LogP contribution in [0.1, 0.15) is 34.1 Å². The van der Waals surface area contributed by atoms with Crippen LogP contribution >= 0.6 is 0 Å². The number of carbonyl (C=O) groups is 2. The number of carbonyl (C=O) groups excluding carboxylic acids is 2. The van der Waals surface area contributed by atoms with Gasteiger partial charge in [0, 0.05) is 17.1 Å². The van der Waals surface area contributed by atoms with Crippen molar-refractivity contribution in [2.45, 2.75) is 75.3 Å². The Bertz CT molecular complexity index is 796. The number of allylic oxidation sites excluding steroid dienone is 1. The third-order valence-electron chi connectivity index (χ3n) is 7.23. The predicted octanol–water partition coefficient (Wildman–Crippen LogP) is -0.00380. The van der Waals surface area contributed by atoms with Crippen LogP contribution in [0.25, 0.3) is 0 Å². The van der Waals surface area contributed by atoms with Crippen molar-refractivity contribution in [3.8, 4) is 0 Å². The molecule has 2 aliphatic carbocycles. The van der Waals surface area contributed by atoms with Gasteiger partial charge in [0.1, 0.15) is 35.6 Å². The van der Waals surface area contributed by atoms with Crippen molar-refractivity contribution in [2.75, 3.05) is 0 Å². The number of rotatable bonds is 2. The molecule has 154 valence electrons. The smallest absolute Gasteiger partial charge is 0.334 e. The summed E-state index contributed by atoms with van der Waals surface area (Å²) >= 11 is 0. The largest absolute Gasteiger partial charge is 0.458 e. The van der Waals surface area contributed by atoms with Crippen LogP contribution in [-0.2, 0) is 23.8 Å². The molecule has 0 unspecified atom stereocenters. The molecule has 0 amide bonds. The zero-order chi connectivity index (χ0) is 20.8. The minimum atomic E-state index is -1.73. The van der Waals surface area contributed by atoms with Gasteiger partial charge in [-0.3, -0.25) is 0 Å². The summed E-state index contributed by atoms with van der Waals surface area (Å²) in [6.07, 6.45) is -2.37. The Morgan fingerprint density at radius 2 is 2.00 bits per heavy atom. The van der Waals surface area contributed by atoms with Gasteiger partial charge in [-0.15, -0.1) is 0 Å². The summed E-state index contributed by atoms with van der Waals surface area (Å²) in [6.45, 7) is 10.0. The molecule has 0 aromatic rings. The first-order valence-electron chi connectivity index (χ1n) is 9.45. The Labute approximate surface area is 162 Å². The summed E-state index contributed by atoms with van der Waals surface area (Å²) in [5.74, 6) is -2.70. The fourth-order valence-corrected chi connectivity index (χ4v) is 5.37. The van der Waals surface area contributed by atoms with E-state index in [0.717, 1.165) is 0 Å².